The fraction of sp³-hybridized carbons (Fsp3) is 0.960. The lowest BCUT2D eigenvalue weighted by Gasteiger charge is -2.51. The molecular formula is C25H45FN2O. The van der Waals surface area contributed by atoms with E-state index in [4.69, 9.17) is 0 Å². The summed E-state index contributed by atoms with van der Waals surface area (Å²) in [6.07, 6.45) is 1.34. The van der Waals surface area contributed by atoms with Crippen LogP contribution in [0.2, 0.25) is 0 Å². The van der Waals surface area contributed by atoms with Gasteiger partial charge in [-0.2, -0.15) is 0 Å². The summed E-state index contributed by atoms with van der Waals surface area (Å²) in [5, 5.41) is 0. The molecule has 6 unspecified atom stereocenters. The number of carbonyl (C=O) groups is 1. The maximum absolute atomic E-state index is 14.6. The van der Waals surface area contributed by atoms with Crippen molar-refractivity contribution in [1.82, 2.24) is 9.80 Å². The molecule has 6 atom stereocenters. The summed E-state index contributed by atoms with van der Waals surface area (Å²) in [5.41, 5.74) is -0.131. The summed E-state index contributed by atoms with van der Waals surface area (Å²) in [6, 6.07) is 1.05. The third kappa shape index (κ3) is 4.00. The smallest absolute Gasteiger partial charge is 0.257 e. The van der Waals surface area contributed by atoms with E-state index in [0.29, 0.717) is 18.5 Å². The molecule has 3 rings (SSSR count). The molecule has 168 valence electrons. The van der Waals surface area contributed by atoms with Gasteiger partial charge in [-0.1, -0.05) is 34.6 Å². The average molecular weight is 409 g/mol. The Labute approximate surface area is 178 Å². The van der Waals surface area contributed by atoms with Gasteiger partial charge in [0.2, 0.25) is 0 Å². The zero-order chi connectivity index (χ0) is 22.3. The predicted molar refractivity (Wildman–Crippen MR) is 119 cm³/mol. The molecule has 29 heavy (non-hydrogen) atoms. The van der Waals surface area contributed by atoms with Gasteiger partial charge in [0, 0.05) is 35.6 Å². The molecule has 0 radical (unpaired) electrons. The summed E-state index contributed by atoms with van der Waals surface area (Å²) in [7, 11) is 0. The number of hydrogen-bond acceptors (Lipinski definition) is 2. The number of piperidine rings is 1. The third-order valence-electron chi connectivity index (χ3n) is 7.72. The van der Waals surface area contributed by atoms with Gasteiger partial charge in [-0.15, -0.1) is 0 Å². The van der Waals surface area contributed by atoms with Gasteiger partial charge in [0.1, 0.15) is 0 Å². The molecule has 4 heteroatoms. The standard InChI is InChI=1S/C25H45FN2O/c1-22(2,3)20-16-12-15(16)18(27(20)23(4,5)6)14-25(10,11)19-13-17(26)21(29)28(19)24(7,8)9/h15-20H,12-14H2,1-11H3. The lowest BCUT2D eigenvalue weighted by Crippen LogP contribution is -2.58. The highest BCUT2D eigenvalue weighted by molar-refractivity contribution is 5.84. The molecule has 2 saturated heterocycles. The average Bonchev–Trinajstić information content (AvgIpc) is 3.09. The molecule has 3 fully saturated rings. The fourth-order valence-corrected chi connectivity index (χ4v) is 6.73. The summed E-state index contributed by atoms with van der Waals surface area (Å²) in [4.78, 5) is 17.3. The van der Waals surface area contributed by atoms with Gasteiger partial charge >= 0.3 is 0 Å². The van der Waals surface area contributed by atoms with Crippen LogP contribution >= 0.6 is 0 Å². The maximum atomic E-state index is 14.6. The van der Waals surface area contributed by atoms with Gasteiger partial charge in [0.15, 0.2) is 6.17 Å². The van der Waals surface area contributed by atoms with Crippen molar-refractivity contribution < 1.29 is 9.18 Å². The molecular weight excluding hydrogens is 363 g/mol. The first-order valence-electron chi connectivity index (χ1n) is 11.6. The zero-order valence-electron chi connectivity index (χ0n) is 20.8. The minimum Gasteiger partial charge on any atom is -0.332 e. The Morgan fingerprint density at radius 1 is 0.862 bits per heavy atom. The van der Waals surface area contributed by atoms with Crippen molar-refractivity contribution in [2.45, 2.75) is 131 Å². The minimum absolute atomic E-state index is 0.0438. The van der Waals surface area contributed by atoms with Crippen LogP contribution in [0.4, 0.5) is 4.39 Å². The Morgan fingerprint density at radius 2 is 1.41 bits per heavy atom. The van der Waals surface area contributed by atoms with Crippen molar-refractivity contribution in [1.29, 1.82) is 0 Å². The highest BCUT2D eigenvalue weighted by Crippen LogP contribution is 2.62. The van der Waals surface area contributed by atoms with E-state index in [1.165, 1.54) is 6.42 Å². The highest BCUT2D eigenvalue weighted by Gasteiger charge is 2.64. The van der Waals surface area contributed by atoms with E-state index in [0.717, 1.165) is 18.3 Å². The molecule has 0 spiro atoms. The second kappa shape index (κ2) is 6.68. The quantitative estimate of drug-likeness (QED) is 0.600. The number of fused-ring (bicyclic) bond motifs is 1. The number of halogens is 1. The number of rotatable bonds is 3. The Hall–Kier alpha value is -0.640. The van der Waals surface area contributed by atoms with Gasteiger partial charge in [0.25, 0.3) is 5.91 Å². The monoisotopic (exact) mass is 408 g/mol. The molecule has 3 aliphatic rings. The van der Waals surface area contributed by atoms with Crippen LogP contribution < -0.4 is 0 Å². The zero-order valence-corrected chi connectivity index (χ0v) is 20.8. The van der Waals surface area contributed by atoms with E-state index >= 15 is 0 Å². The highest BCUT2D eigenvalue weighted by atomic mass is 19.1. The Morgan fingerprint density at radius 3 is 1.86 bits per heavy atom. The third-order valence-corrected chi connectivity index (χ3v) is 7.72. The SMILES string of the molecule is CC(C)(C)C1C2CC2C(CC(C)(C)C2CC(F)C(=O)N2C(C)(C)C)N1C(C)(C)C. The normalized spacial score (nSPS) is 36.7. The van der Waals surface area contributed by atoms with Crippen molar-refractivity contribution in [3.05, 3.63) is 0 Å². The van der Waals surface area contributed by atoms with Crippen LogP contribution in [0.25, 0.3) is 0 Å². The Kier molecular flexibility index (Phi) is 5.30. The second-order valence-corrected chi connectivity index (χ2v) is 13.8. The molecule has 0 aromatic heterocycles. The molecule has 1 saturated carbocycles. The van der Waals surface area contributed by atoms with Gasteiger partial charge in [-0.3, -0.25) is 9.69 Å². The van der Waals surface area contributed by atoms with E-state index in [1.807, 2.05) is 25.7 Å². The lowest BCUT2D eigenvalue weighted by molar-refractivity contribution is -0.139. The first-order valence-corrected chi connectivity index (χ1v) is 11.6. The van der Waals surface area contributed by atoms with Crippen LogP contribution in [0.3, 0.4) is 0 Å². The Bertz CT molecular complexity index is 651. The first kappa shape index (κ1) is 23.0. The van der Waals surface area contributed by atoms with Crippen molar-refractivity contribution in [2.24, 2.45) is 22.7 Å². The van der Waals surface area contributed by atoms with Crippen molar-refractivity contribution in [3.8, 4) is 0 Å². The fourth-order valence-electron chi connectivity index (χ4n) is 6.73. The summed E-state index contributed by atoms with van der Waals surface area (Å²) >= 11 is 0. The first-order chi connectivity index (χ1) is 12.9. The molecule has 1 aliphatic carbocycles. The van der Waals surface area contributed by atoms with E-state index in [1.54, 1.807) is 0 Å². The van der Waals surface area contributed by atoms with Crippen LogP contribution in [0.1, 0.15) is 95.4 Å². The lowest BCUT2D eigenvalue weighted by atomic mass is 9.75. The molecule has 2 heterocycles. The molecule has 0 aromatic carbocycles. The molecule has 1 amide bonds. The summed E-state index contributed by atoms with van der Waals surface area (Å²) in [6.45, 7) is 24.8. The van der Waals surface area contributed by atoms with E-state index < -0.39 is 6.17 Å². The minimum atomic E-state index is -1.35. The van der Waals surface area contributed by atoms with Gasteiger partial charge in [-0.25, -0.2) is 4.39 Å². The molecule has 3 nitrogen and oxygen atoms in total. The van der Waals surface area contributed by atoms with E-state index in [9.17, 15) is 9.18 Å². The van der Waals surface area contributed by atoms with E-state index in [-0.39, 0.29) is 33.9 Å². The molecule has 0 aromatic rings. The predicted octanol–water partition coefficient (Wildman–Crippen LogP) is 5.67. The Balaban J connectivity index is 1.90. The van der Waals surface area contributed by atoms with Gasteiger partial charge in [-0.05, 0) is 77.0 Å². The maximum Gasteiger partial charge on any atom is 0.257 e. The van der Waals surface area contributed by atoms with Crippen LogP contribution in [0.5, 0.6) is 0 Å². The largest absolute Gasteiger partial charge is 0.332 e. The van der Waals surface area contributed by atoms with Crippen LogP contribution in [0, 0.1) is 22.7 Å². The summed E-state index contributed by atoms with van der Waals surface area (Å²) in [5.74, 6) is 1.22. The number of likely N-dealkylation sites (tertiary alicyclic amines) is 2. The summed E-state index contributed by atoms with van der Waals surface area (Å²) < 4.78 is 14.6. The van der Waals surface area contributed by atoms with Crippen LogP contribution in [-0.2, 0) is 4.79 Å². The molecule has 0 bridgehead atoms. The van der Waals surface area contributed by atoms with Crippen LogP contribution in [-0.4, -0.2) is 51.1 Å². The topological polar surface area (TPSA) is 23.6 Å². The van der Waals surface area contributed by atoms with Gasteiger partial charge in [0.05, 0.1) is 0 Å². The molecule has 2 aliphatic heterocycles. The van der Waals surface area contributed by atoms with Crippen molar-refractivity contribution in [2.75, 3.05) is 0 Å². The molecule has 0 N–H and O–H groups in total. The number of nitrogens with zero attached hydrogens (tertiary/aromatic N) is 2. The van der Waals surface area contributed by atoms with Crippen molar-refractivity contribution >= 4 is 5.91 Å². The van der Waals surface area contributed by atoms with Gasteiger partial charge < -0.3 is 4.90 Å². The van der Waals surface area contributed by atoms with Crippen LogP contribution in [0.15, 0.2) is 0 Å². The number of hydrogen-bond donors (Lipinski definition) is 0. The van der Waals surface area contributed by atoms with E-state index in [2.05, 4.69) is 60.3 Å². The number of carbonyl (C=O) groups excluding carboxylic acids is 1. The second-order valence-electron chi connectivity index (χ2n) is 13.8. The van der Waals surface area contributed by atoms with Crippen molar-refractivity contribution in [3.63, 3.8) is 0 Å². The number of alkyl halides is 1. The number of amides is 1.